The van der Waals surface area contributed by atoms with Crippen LogP contribution in [-0.4, -0.2) is 42.7 Å². The van der Waals surface area contributed by atoms with Gasteiger partial charge in [0.05, 0.1) is 23.8 Å². The van der Waals surface area contributed by atoms with Crippen LogP contribution >= 0.6 is 11.6 Å². The summed E-state index contributed by atoms with van der Waals surface area (Å²) in [5.74, 6) is 1.57. The Kier molecular flexibility index (Phi) is 8.32. The number of pyridine rings is 1. The monoisotopic (exact) mass is 467 g/mol. The summed E-state index contributed by atoms with van der Waals surface area (Å²) in [6, 6.07) is 12.7. The van der Waals surface area contributed by atoms with E-state index in [4.69, 9.17) is 21.3 Å². The maximum Gasteiger partial charge on any atom is 0.119 e. The lowest BCUT2D eigenvalue weighted by atomic mass is 9.82. The second-order valence-electron chi connectivity index (χ2n) is 9.35. The molecule has 1 aromatic heterocycles. The van der Waals surface area contributed by atoms with Gasteiger partial charge in [-0.15, -0.1) is 0 Å². The van der Waals surface area contributed by atoms with Gasteiger partial charge in [-0.05, 0) is 87.6 Å². The second kappa shape index (κ2) is 11.4. The lowest BCUT2D eigenvalue weighted by Gasteiger charge is -2.33. The number of fused-ring (bicyclic) bond motifs is 2. The SMILES string of the molecule is CCN(CC)CCCC(Nc1c2ccc(Cl)cc2nc2ccc(OC)cc12)C1CCCCC1. The van der Waals surface area contributed by atoms with Gasteiger partial charge in [0.25, 0.3) is 0 Å². The van der Waals surface area contributed by atoms with Gasteiger partial charge in [-0.1, -0.05) is 44.7 Å². The minimum absolute atomic E-state index is 0.455. The molecule has 1 unspecified atom stereocenters. The number of nitrogens with one attached hydrogen (secondary N) is 1. The fourth-order valence-electron chi connectivity index (χ4n) is 5.40. The Hall–Kier alpha value is -2.04. The lowest BCUT2D eigenvalue weighted by Crippen LogP contribution is -2.32. The number of hydrogen-bond acceptors (Lipinski definition) is 4. The summed E-state index contributed by atoms with van der Waals surface area (Å²) in [7, 11) is 1.72. The maximum atomic E-state index is 6.34. The first-order valence-electron chi connectivity index (χ1n) is 12.7. The number of benzene rings is 2. The van der Waals surface area contributed by atoms with Crippen LogP contribution in [0.2, 0.25) is 5.02 Å². The Bertz CT molecular complexity index is 1060. The molecule has 0 saturated heterocycles. The van der Waals surface area contributed by atoms with Crippen LogP contribution in [-0.2, 0) is 0 Å². The van der Waals surface area contributed by atoms with Crippen molar-refractivity contribution in [2.45, 2.75) is 64.8 Å². The molecule has 0 radical (unpaired) electrons. The highest BCUT2D eigenvalue weighted by molar-refractivity contribution is 6.31. The van der Waals surface area contributed by atoms with Crippen molar-refractivity contribution < 1.29 is 4.74 Å². The van der Waals surface area contributed by atoms with Crippen molar-refractivity contribution in [2.24, 2.45) is 5.92 Å². The van der Waals surface area contributed by atoms with E-state index in [0.717, 1.165) is 45.7 Å². The van der Waals surface area contributed by atoms with E-state index in [1.165, 1.54) is 57.2 Å². The molecule has 1 atom stereocenters. The Morgan fingerprint density at radius 2 is 1.82 bits per heavy atom. The van der Waals surface area contributed by atoms with E-state index >= 15 is 0 Å². The molecule has 0 bridgehead atoms. The summed E-state index contributed by atoms with van der Waals surface area (Å²) >= 11 is 6.34. The van der Waals surface area contributed by atoms with E-state index in [-0.39, 0.29) is 0 Å². The van der Waals surface area contributed by atoms with Gasteiger partial charge in [-0.3, -0.25) is 0 Å². The zero-order chi connectivity index (χ0) is 23.2. The first-order valence-corrected chi connectivity index (χ1v) is 13.1. The van der Waals surface area contributed by atoms with Crippen LogP contribution in [0.15, 0.2) is 36.4 Å². The number of aromatic nitrogens is 1. The number of anilines is 1. The van der Waals surface area contributed by atoms with Crippen molar-refractivity contribution in [3.05, 3.63) is 41.4 Å². The third-order valence-electron chi connectivity index (χ3n) is 7.38. The first-order chi connectivity index (χ1) is 16.1. The Morgan fingerprint density at radius 1 is 1.03 bits per heavy atom. The summed E-state index contributed by atoms with van der Waals surface area (Å²) < 4.78 is 5.56. The van der Waals surface area contributed by atoms with Crippen LogP contribution in [0.3, 0.4) is 0 Å². The van der Waals surface area contributed by atoms with Gasteiger partial charge in [-0.25, -0.2) is 4.98 Å². The number of ether oxygens (including phenoxy) is 1. The van der Waals surface area contributed by atoms with Crippen molar-refractivity contribution in [2.75, 3.05) is 32.1 Å². The zero-order valence-corrected chi connectivity index (χ0v) is 21.1. The maximum absolute atomic E-state index is 6.34. The van der Waals surface area contributed by atoms with Crippen molar-refractivity contribution >= 4 is 39.1 Å². The van der Waals surface area contributed by atoms with E-state index in [1.807, 2.05) is 18.2 Å². The number of nitrogens with zero attached hydrogens (tertiary/aromatic N) is 2. The predicted molar refractivity (Wildman–Crippen MR) is 142 cm³/mol. The standard InChI is InChI=1S/C28H38ClN3O/c1-4-32(5-2)17-9-12-25(20-10-7-6-8-11-20)31-28-23-15-13-21(29)18-27(23)30-26-16-14-22(33-3)19-24(26)28/h13-16,18-20,25H,4-12,17H2,1-3H3,(H,30,31). The van der Waals surface area contributed by atoms with Gasteiger partial charge in [-0.2, -0.15) is 0 Å². The third-order valence-corrected chi connectivity index (χ3v) is 7.61. The Balaban J connectivity index is 1.72. The fraction of sp³-hybridized carbons (Fsp3) is 0.536. The summed E-state index contributed by atoms with van der Waals surface area (Å²) in [5, 5.41) is 7.03. The molecule has 1 saturated carbocycles. The molecular weight excluding hydrogens is 430 g/mol. The molecule has 178 valence electrons. The summed E-state index contributed by atoms with van der Waals surface area (Å²) in [6.45, 7) is 7.93. The summed E-state index contributed by atoms with van der Waals surface area (Å²) in [5.41, 5.74) is 3.08. The zero-order valence-electron chi connectivity index (χ0n) is 20.4. The molecule has 1 fully saturated rings. The number of methoxy groups -OCH3 is 1. The molecule has 33 heavy (non-hydrogen) atoms. The molecule has 4 rings (SSSR count). The van der Waals surface area contributed by atoms with Crippen LogP contribution in [0.25, 0.3) is 21.8 Å². The number of hydrogen-bond donors (Lipinski definition) is 1. The molecular formula is C28H38ClN3O. The van der Waals surface area contributed by atoms with Crippen molar-refractivity contribution in [3.8, 4) is 5.75 Å². The highest BCUT2D eigenvalue weighted by Crippen LogP contribution is 2.37. The van der Waals surface area contributed by atoms with Crippen LogP contribution in [0.1, 0.15) is 58.8 Å². The molecule has 5 heteroatoms. The molecule has 3 aromatic rings. The van der Waals surface area contributed by atoms with E-state index in [9.17, 15) is 0 Å². The molecule has 1 aliphatic rings. The fourth-order valence-corrected chi connectivity index (χ4v) is 5.57. The van der Waals surface area contributed by atoms with Gasteiger partial charge >= 0.3 is 0 Å². The van der Waals surface area contributed by atoms with E-state index in [2.05, 4.69) is 42.3 Å². The molecule has 1 N–H and O–H groups in total. The molecule has 0 spiro atoms. The van der Waals surface area contributed by atoms with Crippen LogP contribution < -0.4 is 10.1 Å². The van der Waals surface area contributed by atoms with Crippen molar-refractivity contribution in [1.29, 1.82) is 0 Å². The molecule has 0 amide bonds. The average Bonchev–Trinajstić information content (AvgIpc) is 2.85. The molecule has 2 aromatic carbocycles. The minimum atomic E-state index is 0.455. The van der Waals surface area contributed by atoms with E-state index in [1.54, 1.807) is 7.11 Å². The molecule has 1 aliphatic carbocycles. The summed E-state index contributed by atoms with van der Waals surface area (Å²) in [6.07, 6.45) is 9.11. The summed E-state index contributed by atoms with van der Waals surface area (Å²) in [4.78, 5) is 7.45. The van der Waals surface area contributed by atoms with Crippen LogP contribution in [0.4, 0.5) is 5.69 Å². The molecule has 0 aliphatic heterocycles. The van der Waals surface area contributed by atoms with Gasteiger partial charge in [0.1, 0.15) is 5.75 Å². The quantitative estimate of drug-likeness (QED) is 0.312. The molecule has 1 heterocycles. The van der Waals surface area contributed by atoms with Crippen molar-refractivity contribution in [1.82, 2.24) is 9.88 Å². The van der Waals surface area contributed by atoms with Gasteiger partial charge in [0.2, 0.25) is 0 Å². The first kappa shape index (κ1) is 24.1. The van der Waals surface area contributed by atoms with Gasteiger partial charge in [0, 0.05) is 21.8 Å². The van der Waals surface area contributed by atoms with E-state index < -0.39 is 0 Å². The normalized spacial score (nSPS) is 15.9. The molecule has 4 nitrogen and oxygen atoms in total. The van der Waals surface area contributed by atoms with Crippen LogP contribution in [0, 0.1) is 5.92 Å². The minimum Gasteiger partial charge on any atom is -0.497 e. The number of halogens is 1. The highest BCUT2D eigenvalue weighted by atomic mass is 35.5. The predicted octanol–water partition coefficient (Wildman–Crippen LogP) is 7.53. The Labute approximate surface area is 203 Å². The largest absolute Gasteiger partial charge is 0.497 e. The van der Waals surface area contributed by atoms with Gasteiger partial charge < -0.3 is 15.0 Å². The average molecular weight is 468 g/mol. The highest BCUT2D eigenvalue weighted by Gasteiger charge is 2.25. The van der Waals surface area contributed by atoms with Crippen molar-refractivity contribution in [3.63, 3.8) is 0 Å². The third kappa shape index (κ3) is 5.73. The Morgan fingerprint density at radius 3 is 2.55 bits per heavy atom. The second-order valence-corrected chi connectivity index (χ2v) is 9.79. The topological polar surface area (TPSA) is 37.4 Å². The smallest absolute Gasteiger partial charge is 0.119 e. The van der Waals surface area contributed by atoms with E-state index in [0.29, 0.717) is 12.0 Å². The lowest BCUT2D eigenvalue weighted by molar-refractivity contribution is 0.269. The number of rotatable bonds is 10. The van der Waals surface area contributed by atoms with Gasteiger partial charge in [0.15, 0.2) is 0 Å². The van der Waals surface area contributed by atoms with Crippen LogP contribution in [0.5, 0.6) is 5.75 Å².